The zero-order chi connectivity index (χ0) is 18.1. The van der Waals surface area contributed by atoms with Crippen LogP contribution in [-0.2, 0) is 11.3 Å². The van der Waals surface area contributed by atoms with E-state index in [1.807, 2.05) is 32.0 Å². The van der Waals surface area contributed by atoms with Crippen LogP contribution in [0.4, 0.5) is 10.1 Å². The molecule has 130 valence electrons. The van der Waals surface area contributed by atoms with Crippen molar-refractivity contribution in [1.29, 1.82) is 0 Å². The van der Waals surface area contributed by atoms with Crippen molar-refractivity contribution in [3.8, 4) is 0 Å². The molecule has 1 aliphatic heterocycles. The molecule has 1 heterocycles. The second kappa shape index (κ2) is 6.67. The molecule has 25 heavy (non-hydrogen) atoms. The van der Waals surface area contributed by atoms with Crippen LogP contribution in [0.25, 0.3) is 0 Å². The molecule has 0 aliphatic carbocycles. The fourth-order valence-corrected chi connectivity index (χ4v) is 3.19. The molecule has 4 nitrogen and oxygen atoms in total. The zero-order valence-electron chi connectivity index (χ0n) is 14.5. The summed E-state index contributed by atoms with van der Waals surface area (Å²) >= 11 is 0. The van der Waals surface area contributed by atoms with Gasteiger partial charge >= 0.3 is 0 Å². The van der Waals surface area contributed by atoms with E-state index < -0.39 is 6.04 Å². The van der Waals surface area contributed by atoms with E-state index in [-0.39, 0.29) is 23.5 Å². The lowest BCUT2D eigenvalue weighted by Gasteiger charge is -2.30. The third-order valence-corrected chi connectivity index (χ3v) is 4.52. The number of amides is 2. The highest BCUT2D eigenvalue weighted by Crippen LogP contribution is 2.27. The van der Waals surface area contributed by atoms with Gasteiger partial charge in [0.05, 0.1) is 0 Å². The number of carbonyl (C=O) groups excluding carboxylic acids is 2. The molecule has 0 fully saturated rings. The molecule has 2 aromatic carbocycles. The van der Waals surface area contributed by atoms with Gasteiger partial charge < -0.3 is 10.2 Å². The van der Waals surface area contributed by atoms with Gasteiger partial charge in [0.15, 0.2) is 0 Å². The number of anilines is 1. The Kier molecular flexibility index (Phi) is 4.57. The van der Waals surface area contributed by atoms with Crippen molar-refractivity contribution in [2.24, 2.45) is 5.92 Å². The number of halogens is 1. The number of aryl methyl sites for hydroxylation is 1. The van der Waals surface area contributed by atoms with Gasteiger partial charge in [-0.2, -0.15) is 0 Å². The predicted octanol–water partition coefficient (Wildman–Crippen LogP) is 3.75. The first-order valence-corrected chi connectivity index (χ1v) is 8.34. The van der Waals surface area contributed by atoms with Gasteiger partial charge in [0.2, 0.25) is 5.91 Å². The van der Waals surface area contributed by atoms with Crippen molar-refractivity contribution in [2.75, 3.05) is 5.32 Å². The predicted molar refractivity (Wildman–Crippen MR) is 94.7 cm³/mol. The van der Waals surface area contributed by atoms with Crippen LogP contribution in [0, 0.1) is 18.7 Å². The molecule has 0 unspecified atom stereocenters. The molecule has 0 saturated heterocycles. The third kappa shape index (κ3) is 3.27. The Labute approximate surface area is 146 Å². The topological polar surface area (TPSA) is 49.4 Å². The molecule has 0 saturated carbocycles. The number of carbonyl (C=O) groups is 2. The quantitative estimate of drug-likeness (QED) is 0.921. The molecule has 1 N–H and O–H groups in total. The van der Waals surface area contributed by atoms with Crippen LogP contribution in [-0.4, -0.2) is 22.8 Å². The highest BCUT2D eigenvalue weighted by atomic mass is 19.1. The maximum absolute atomic E-state index is 13.7. The van der Waals surface area contributed by atoms with Crippen LogP contribution < -0.4 is 5.32 Å². The molecule has 5 heteroatoms. The van der Waals surface area contributed by atoms with Gasteiger partial charge in [0.25, 0.3) is 5.91 Å². The van der Waals surface area contributed by atoms with E-state index in [2.05, 4.69) is 5.32 Å². The maximum Gasteiger partial charge on any atom is 0.255 e. The number of nitrogens with zero attached hydrogens (tertiary/aromatic N) is 1. The number of hydrogen-bond acceptors (Lipinski definition) is 2. The van der Waals surface area contributed by atoms with Gasteiger partial charge in [0, 0.05) is 17.8 Å². The van der Waals surface area contributed by atoms with Gasteiger partial charge in [-0.05, 0) is 42.2 Å². The standard InChI is InChI=1S/C20H21FN2O2/c1-12(2)18(19(24)22-15-9-8-13(3)17(21)10-15)23-11-14-6-4-5-7-16(14)20(23)25/h4-10,12,18H,11H2,1-3H3,(H,22,24)/t18-/m0/s1. The smallest absolute Gasteiger partial charge is 0.255 e. The van der Waals surface area contributed by atoms with Gasteiger partial charge in [-0.25, -0.2) is 4.39 Å². The average molecular weight is 340 g/mol. The largest absolute Gasteiger partial charge is 0.324 e. The Morgan fingerprint density at radius 3 is 2.56 bits per heavy atom. The van der Waals surface area contributed by atoms with Crippen molar-refractivity contribution in [3.63, 3.8) is 0 Å². The molecule has 1 aliphatic rings. The molecular weight excluding hydrogens is 319 g/mol. The van der Waals surface area contributed by atoms with Gasteiger partial charge in [-0.15, -0.1) is 0 Å². The molecule has 2 amide bonds. The van der Waals surface area contributed by atoms with Crippen LogP contribution >= 0.6 is 0 Å². The molecule has 3 rings (SSSR count). The Balaban J connectivity index is 1.83. The SMILES string of the molecule is Cc1ccc(NC(=O)[C@H](C(C)C)N2Cc3ccccc3C2=O)cc1F. The van der Waals surface area contributed by atoms with E-state index in [1.165, 1.54) is 6.07 Å². The van der Waals surface area contributed by atoms with E-state index >= 15 is 0 Å². The Morgan fingerprint density at radius 2 is 1.92 bits per heavy atom. The fourth-order valence-electron chi connectivity index (χ4n) is 3.19. The number of fused-ring (bicyclic) bond motifs is 1. The summed E-state index contributed by atoms with van der Waals surface area (Å²) in [6, 6.07) is 11.3. The fraction of sp³-hybridized carbons (Fsp3) is 0.300. The van der Waals surface area contributed by atoms with E-state index in [4.69, 9.17) is 0 Å². The molecule has 0 radical (unpaired) electrons. The summed E-state index contributed by atoms with van der Waals surface area (Å²) in [5.41, 5.74) is 2.47. The first-order chi connectivity index (χ1) is 11.9. The first-order valence-electron chi connectivity index (χ1n) is 8.34. The third-order valence-electron chi connectivity index (χ3n) is 4.52. The minimum Gasteiger partial charge on any atom is -0.324 e. The van der Waals surface area contributed by atoms with E-state index in [0.29, 0.717) is 23.4 Å². The lowest BCUT2D eigenvalue weighted by molar-refractivity contribution is -0.122. The highest BCUT2D eigenvalue weighted by Gasteiger charge is 2.37. The van der Waals surface area contributed by atoms with Crippen LogP contribution in [0.3, 0.4) is 0 Å². The van der Waals surface area contributed by atoms with Crippen molar-refractivity contribution in [1.82, 2.24) is 4.90 Å². The summed E-state index contributed by atoms with van der Waals surface area (Å²) in [6.45, 7) is 5.87. The van der Waals surface area contributed by atoms with Gasteiger partial charge in [0.1, 0.15) is 11.9 Å². The number of benzene rings is 2. The number of nitrogens with one attached hydrogen (secondary N) is 1. The number of rotatable bonds is 4. The minimum absolute atomic E-state index is 0.0754. The normalized spacial score (nSPS) is 14.6. The van der Waals surface area contributed by atoms with Gasteiger partial charge in [-0.1, -0.05) is 38.1 Å². The zero-order valence-corrected chi connectivity index (χ0v) is 14.5. The molecule has 0 spiro atoms. The average Bonchev–Trinajstić information content (AvgIpc) is 2.88. The van der Waals surface area contributed by atoms with Crippen molar-refractivity contribution in [3.05, 3.63) is 65.0 Å². The summed E-state index contributed by atoms with van der Waals surface area (Å²) in [5.74, 6) is -0.893. The summed E-state index contributed by atoms with van der Waals surface area (Å²) in [4.78, 5) is 27.1. The lowest BCUT2D eigenvalue weighted by Crippen LogP contribution is -2.47. The number of hydrogen-bond donors (Lipinski definition) is 1. The lowest BCUT2D eigenvalue weighted by atomic mass is 10.0. The Bertz CT molecular complexity index is 832. The van der Waals surface area contributed by atoms with Crippen molar-refractivity contribution < 1.29 is 14.0 Å². The van der Waals surface area contributed by atoms with Crippen LogP contribution in [0.2, 0.25) is 0 Å². The van der Waals surface area contributed by atoms with Crippen molar-refractivity contribution in [2.45, 2.75) is 33.4 Å². The molecule has 1 atom stereocenters. The highest BCUT2D eigenvalue weighted by molar-refractivity contribution is 6.03. The monoisotopic (exact) mass is 340 g/mol. The van der Waals surface area contributed by atoms with Crippen LogP contribution in [0.1, 0.15) is 35.3 Å². The summed E-state index contributed by atoms with van der Waals surface area (Å²) in [6.07, 6.45) is 0. The van der Waals surface area contributed by atoms with E-state index in [0.717, 1.165) is 5.56 Å². The molecule has 2 aromatic rings. The van der Waals surface area contributed by atoms with Crippen molar-refractivity contribution >= 4 is 17.5 Å². The molecule has 0 bridgehead atoms. The summed E-state index contributed by atoms with van der Waals surface area (Å²) in [5, 5.41) is 2.74. The van der Waals surface area contributed by atoms with Gasteiger partial charge in [-0.3, -0.25) is 9.59 Å². The molecular formula is C20H21FN2O2. The minimum atomic E-state index is -0.621. The summed E-state index contributed by atoms with van der Waals surface area (Å²) < 4.78 is 13.7. The van der Waals surface area contributed by atoms with E-state index in [1.54, 1.807) is 30.0 Å². The summed E-state index contributed by atoms with van der Waals surface area (Å²) in [7, 11) is 0. The first kappa shape index (κ1) is 17.1. The second-order valence-electron chi connectivity index (χ2n) is 6.73. The second-order valence-corrected chi connectivity index (χ2v) is 6.73. The Morgan fingerprint density at radius 1 is 1.20 bits per heavy atom. The van der Waals surface area contributed by atoms with E-state index in [9.17, 15) is 14.0 Å². The maximum atomic E-state index is 13.7. The Hall–Kier alpha value is -2.69. The molecule has 0 aromatic heterocycles. The van der Waals surface area contributed by atoms with Crippen LogP contribution in [0.15, 0.2) is 42.5 Å². The van der Waals surface area contributed by atoms with Crippen LogP contribution in [0.5, 0.6) is 0 Å².